The van der Waals surface area contributed by atoms with Crippen LogP contribution >= 0.6 is 0 Å². The van der Waals surface area contributed by atoms with Gasteiger partial charge in [-0.25, -0.2) is 18.3 Å². The molecular formula is C20H22FN3O5S. The molecule has 30 heavy (non-hydrogen) atoms. The van der Waals surface area contributed by atoms with Gasteiger partial charge in [-0.15, -0.1) is 0 Å². The Bertz CT molecular complexity index is 1070. The number of benzene rings is 2. The van der Waals surface area contributed by atoms with Crippen LogP contribution < -0.4 is 15.7 Å². The number of halogens is 1. The number of nitrogens with zero attached hydrogens (tertiary/aromatic N) is 1. The Labute approximate surface area is 173 Å². The normalized spacial score (nSPS) is 19.7. The lowest BCUT2D eigenvalue weighted by atomic mass is 10.1. The van der Waals surface area contributed by atoms with Crippen molar-refractivity contribution in [3.63, 3.8) is 0 Å². The summed E-state index contributed by atoms with van der Waals surface area (Å²) in [4.78, 5) is 26.2. The highest BCUT2D eigenvalue weighted by atomic mass is 32.2. The second-order valence-corrected chi connectivity index (χ2v) is 9.00. The molecule has 0 aromatic heterocycles. The summed E-state index contributed by atoms with van der Waals surface area (Å²) in [7, 11) is -4.07. The summed E-state index contributed by atoms with van der Waals surface area (Å²) < 4.78 is 38.9. The molecule has 3 N–H and O–H groups in total. The molecule has 3 rings (SSSR count). The zero-order valence-corrected chi connectivity index (χ0v) is 17.2. The molecule has 1 aliphatic rings. The Balaban J connectivity index is 1.91. The number of carbonyl (C=O) groups excluding carboxylic acids is 2. The van der Waals surface area contributed by atoms with Gasteiger partial charge in [0.25, 0.3) is 11.8 Å². The van der Waals surface area contributed by atoms with Crippen LogP contribution in [0.25, 0.3) is 0 Å². The van der Waals surface area contributed by atoms with Gasteiger partial charge in [-0.05, 0) is 49.7 Å². The van der Waals surface area contributed by atoms with E-state index in [4.69, 9.17) is 5.21 Å². The number of amides is 2. The molecule has 0 radical (unpaired) electrons. The van der Waals surface area contributed by atoms with E-state index in [1.54, 1.807) is 30.9 Å². The molecule has 10 heteroatoms. The standard InChI is InChI=1S/C20H22FN3O5S/c1-3-24-12(2)18(20(26)23-27)30(28,29)17-9-6-14(10-16(17)24)19(25)22-11-13-4-7-15(21)8-5-13/h4-10,12,18,27H,3,11H2,1-2H3,(H,22,25)(H,23,26). The third-order valence-electron chi connectivity index (χ3n) is 5.18. The molecule has 8 nitrogen and oxygen atoms in total. The van der Waals surface area contributed by atoms with Gasteiger partial charge in [-0.2, -0.15) is 0 Å². The van der Waals surface area contributed by atoms with Gasteiger partial charge in [0.15, 0.2) is 15.1 Å². The second kappa shape index (κ2) is 8.41. The van der Waals surface area contributed by atoms with Gasteiger partial charge in [0.1, 0.15) is 5.82 Å². The largest absolute Gasteiger partial charge is 0.366 e. The van der Waals surface area contributed by atoms with Gasteiger partial charge in [-0.1, -0.05) is 12.1 Å². The Morgan fingerprint density at radius 1 is 1.17 bits per heavy atom. The first-order valence-corrected chi connectivity index (χ1v) is 10.9. The van der Waals surface area contributed by atoms with E-state index in [0.717, 1.165) is 0 Å². The number of fused-ring (bicyclic) bond motifs is 1. The monoisotopic (exact) mass is 435 g/mol. The van der Waals surface area contributed by atoms with E-state index in [-0.39, 0.29) is 22.8 Å². The van der Waals surface area contributed by atoms with Gasteiger partial charge in [0.2, 0.25) is 0 Å². The van der Waals surface area contributed by atoms with Gasteiger partial charge in [0, 0.05) is 18.7 Å². The molecule has 2 amide bonds. The van der Waals surface area contributed by atoms with Gasteiger partial charge < -0.3 is 10.2 Å². The Hall–Kier alpha value is -2.98. The van der Waals surface area contributed by atoms with Crippen LogP contribution in [0.3, 0.4) is 0 Å². The van der Waals surface area contributed by atoms with Crippen LogP contribution in [0, 0.1) is 5.82 Å². The lowest BCUT2D eigenvalue weighted by Crippen LogP contribution is -2.56. The van der Waals surface area contributed by atoms with Crippen molar-refractivity contribution in [2.24, 2.45) is 0 Å². The highest BCUT2D eigenvalue weighted by molar-refractivity contribution is 7.93. The van der Waals surface area contributed by atoms with Crippen LogP contribution in [0.5, 0.6) is 0 Å². The number of hydrogen-bond acceptors (Lipinski definition) is 6. The van der Waals surface area contributed by atoms with E-state index in [2.05, 4.69) is 5.32 Å². The Kier molecular flexibility index (Phi) is 6.09. The lowest BCUT2D eigenvalue weighted by Gasteiger charge is -2.40. The maximum atomic E-state index is 13.0. The van der Waals surface area contributed by atoms with Crippen molar-refractivity contribution in [3.05, 3.63) is 59.4 Å². The predicted octanol–water partition coefficient (Wildman–Crippen LogP) is 1.63. The van der Waals surface area contributed by atoms with Crippen molar-refractivity contribution in [2.75, 3.05) is 11.4 Å². The zero-order valence-electron chi connectivity index (χ0n) is 16.4. The predicted molar refractivity (Wildman–Crippen MR) is 107 cm³/mol. The average Bonchev–Trinajstić information content (AvgIpc) is 2.72. The van der Waals surface area contributed by atoms with Crippen molar-refractivity contribution < 1.29 is 27.6 Å². The summed E-state index contributed by atoms with van der Waals surface area (Å²) in [6.45, 7) is 3.94. The molecule has 2 atom stereocenters. The number of hydroxylamine groups is 1. The molecule has 2 aromatic rings. The van der Waals surface area contributed by atoms with Crippen molar-refractivity contribution in [1.29, 1.82) is 0 Å². The van der Waals surface area contributed by atoms with Crippen LogP contribution in [0.2, 0.25) is 0 Å². The third kappa shape index (κ3) is 3.88. The van der Waals surface area contributed by atoms with Crippen LogP contribution in [-0.2, 0) is 21.2 Å². The van der Waals surface area contributed by atoms with E-state index < -0.39 is 32.9 Å². The lowest BCUT2D eigenvalue weighted by molar-refractivity contribution is -0.129. The number of hydrogen-bond donors (Lipinski definition) is 3. The highest BCUT2D eigenvalue weighted by Gasteiger charge is 2.46. The molecule has 0 saturated carbocycles. The van der Waals surface area contributed by atoms with Crippen LogP contribution in [-0.4, -0.2) is 43.3 Å². The molecule has 2 unspecified atom stereocenters. The summed E-state index contributed by atoms with van der Waals surface area (Å²) in [5.74, 6) is -1.80. The second-order valence-electron chi connectivity index (χ2n) is 6.96. The third-order valence-corrected chi connectivity index (χ3v) is 7.41. The van der Waals surface area contributed by atoms with E-state index in [0.29, 0.717) is 17.8 Å². The van der Waals surface area contributed by atoms with Crippen LogP contribution in [0.1, 0.15) is 29.8 Å². The van der Waals surface area contributed by atoms with Crippen molar-refractivity contribution in [3.8, 4) is 0 Å². The fourth-order valence-corrected chi connectivity index (χ4v) is 5.67. The van der Waals surface area contributed by atoms with Crippen molar-refractivity contribution in [1.82, 2.24) is 10.8 Å². The van der Waals surface area contributed by atoms with Crippen LogP contribution in [0.15, 0.2) is 47.4 Å². The summed E-state index contributed by atoms with van der Waals surface area (Å²) in [6, 6.07) is 9.09. The molecule has 2 aromatic carbocycles. The van der Waals surface area contributed by atoms with E-state index in [1.165, 1.54) is 35.8 Å². The molecule has 0 fully saturated rings. The summed E-state index contributed by atoms with van der Waals surface area (Å²) in [5, 5.41) is 10.2. The summed E-state index contributed by atoms with van der Waals surface area (Å²) in [6.07, 6.45) is 0. The van der Waals surface area contributed by atoms with E-state index in [1.807, 2.05) is 0 Å². The molecule has 0 spiro atoms. The van der Waals surface area contributed by atoms with E-state index >= 15 is 0 Å². The first-order chi connectivity index (χ1) is 14.2. The summed E-state index contributed by atoms with van der Waals surface area (Å²) >= 11 is 0. The first kappa shape index (κ1) is 21.7. The van der Waals surface area contributed by atoms with Gasteiger partial charge >= 0.3 is 0 Å². The fourth-order valence-electron chi connectivity index (χ4n) is 3.67. The number of rotatable bonds is 5. The molecule has 0 saturated heterocycles. The molecular weight excluding hydrogens is 413 g/mol. The van der Waals surface area contributed by atoms with Crippen molar-refractivity contribution in [2.45, 2.75) is 36.6 Å². The number of nitrogens with one attached hydrogen (secondary N) is 2. The quantitative estimate of drug-likeness (QED) is 0.486. The highest BCUT2D eigenvalue weighted by Crippen LogP contribution is 2.37. The Morgan fingerprint density at radius 2 is 1.83 bits per heavy atom. The maximum absolute atomic E-state index is 13.0. The summed E-state index contributed by atoms with van der Waals surface area (Å²) in [5.41, 5.74) is 2.72. The minimum atomic E-state index is -4.07. The zero-order chi connectivity index (χ0) is 22.1. The smallest absolute Gasteiger partial charge is 0.264 e. The van der Waals surface area contributed by atoms with E-state index in [9.17, 15) is 22.4 Å². The fraction of sp³-hybridized carbons (Fsp3) is 0.300. The number of sulfone groups is 1. The molecule has 160 valence electrons. The topological polar surface area (TPSA) is 116 Å². The minimum Gasteiger partial charge on any atom is -0.366 e. The maximum Gasteiger partial charge on any atom is 0.264 e. The van der Waals surface area contributed by atoms with Gasteiger partial charge in [0.05, 0.1) is 16.6 Å². The van der Waals surface area contributed by atoms with Crippen molar-refractivity contribution >= 4 is 27.3 Å². The molecule has 1 heterocycles. The molecule has 1 aliphatic heterocycles. The van der Waals surface area contributed by atoms with Gasteiger partial charge in [-0.3, -0.25) is 14.8 Å². The minimum absolute atomic E-state index is 0.0777. The Morgan fingerprint density at radius 3 is 2.43 bits per heavy atom. The molecule has 0 aliphatic carbocycles. The number of carbonyl (C=O) groups is 2. The first-order valence-electron chi connectivity index (χ1n) is 9.32. The number of anilines is 1. The van der Waals surface area contributed by atoms with Crippen LogP contribution in [0.4, 0.5) is 10.1 Å². The average molecular weight is 435 g/mol. The molecule has 0 bridgehead atoms. The SMILES string of the molecule is CCN1c2cc(C(=O)NCc3ccc(F)cc3)ccc2S(=O)(=O)C(C(=O)NO)C1C.